The molecule has 0 saturated heterocycles. The number of rotatable bonds is 10. The van der Waals surface area contributed by atoms with Crippen LogP contribution in [0.5, 0.6) is 0 Å². The number of nitrogens with one attached hydrogen (secondary N) is 2. The average Bonchev–Trinajstić information content (AvgIpc) is 3.70. The first-order chi connectivity index (χ1) is 24.1. The van der Waals surface area contributed by atoms with Gasteiger partial charge in [0.2, 0.25) is 11.8 Å². The van der Waals surface area contributed by atoms with Crippen molar-refractivity contribution < 1.29 is 38.7 Å². The van der Waals surface area contributed by atoms with Crippen LogP contribution in [0, 0.1) is 32.1 Å². The van der Waals surface area contributed by atoms with Crippen LogP contribution >= 0.6 is 0 Å². The van der Waals surface area contributed by atoms with Gasteiger partial charge in [0.25, 0.3) is 11.4 Å². The summed E-state index contributed by atoms with van der Waals surface area (Å²) in [5.74, 6) is -3.58. The van der Waals surface area contributed by atoms with Crippen LogP contribution < -0.4 is 20.3 Å². The van der Waals surface area contributed by atoms with Gasteiger partial charge in [0.05, 0.1) is 32.6 Å². The van der Waals surface area contributed by atoms with Crippen molar-refractivity contribution in [1.82, 2.24) is 19.4 Å². The largest absolute Gasteiger partial charge is 0.356 e. The number of carbonyl (C=O) groups excluding carboxylic acids is 4. The predicted molar refractivity (Wildman–Crippen MR) is 171 cm³/mol. The molecule has 2 aliphatic carbocycles. The number of carbonyl (C=O) groups is 4. The average molecular weight is 685 g/mol. The second kappa shape index (κ2) is 14.2. The SMILES string of the molecule is O=C(/C=C/C(=O)On1cnc2c1CCC(C(=O)Nc1ccccc1[N+](=O)[O-])C2)On1cnc2c1CCC(C(=O)Nc1ccccc1[N+](=O)[O-])C2. The molecule has 50 heavy (non-hydrogen) atoms. The number of fused-ring (bicyclic) bond motifs is 2. The quantitative estimate of drug-likeness (QED) is 0.139. The Morgan fingerprint density at radius 3 is 1.50 bits per heavy atom. The summed E-state index contributed by atoms with van der Waals surface area (Å²) in [7, 11) is 0. The number of nitro benzene ring substituents is 2. The summed E-state index contributed by atoms with van der Waals surface area (Å²) in [4.78, 5) is 91.3. The lowest BCUT2D eigenvalue weighted by Gasteiger charge is -2.21. The molecule has 6 rings (SSSR count). The minimum atomic E-state index is -0.890. The molecule has 2 amide bonds. The highest BCUT2D eigenvalue weighted by Crippen LogP contribution is 2.30. The summed E-state index contributed by atoms with van der Waals surface area (Å²) < 4.78 is 2.33. The first kappa shape index (κ1) is 33.2. The van der Waals surface area contributed by atoms with Crippen LogP contribution in [0.2, 0.25) is 0 Å². The Morgan fingerprint density at radius 2 is 1.10 bits per heavy atom. The van der Waals surface area contributed by atoms with E-state index in [-0.39, 0.29) is 35.6 Å². The molecule has 0 radical (unpaired) electrons. The fourth-order valence-corrected chi connectivity index (χ4v) is 5.87. The lowest BCUT2D eigenvalue weighted by Crippen LogP contribution is -2.30. The highest BCUT2D eigenvalue weighted by atomic mass is 16.7. The van der Waals surface area contributed by atoms with E-state index >= 15 is 0 Å². The molecule has 0 aliphatic heterocycles. The van der Waals surface area contributed by atoms with E-state index in [0.29, 0.717) is 48.5 Å². The Morgan fingerprint density at radius 1 is 0.700 bits per heavy atom. The van der Waals surface area contributed by atoms with Crippen LogP contribution in [0.15, 0.2) is 73.3 Å². The van der Waals surface area contributed by atoms with E-state index in [9.17, 15) is 39.4 Å². The molecule has 0 spiro atoms. The molecule has 2 heterocycles. The third-order valence-corrected chi connectivity index (χ3v) is 8.36. The van der Waals surface area contributed by atoms with E-state index in [0.717, 1.165) is 21.6 Å². The number of para-hydroxylation sites is 4. The van der Waals surface area contributed by atoms with E-state index in [1.54, 1.807) is 12.1 Å². The van der Waals surface area contributed by atoms with Gasteiger partial charge in [-0.1, -0.05) is 24.3 Å². The Kier molecular flexibility index (Phi) is 9.41. The number of amides is 2. The van der Waals surface area contributed by atoms with Crippen molar-refractivity contribution in [3.63, 3.8) is 0 Å². The predicted octanol–water partition coefficient (Wildman–Crippen LogP) is 2.55. The monoisotopic (exact) mass is 684 g/mol. The van der Waals surface area contributed by atoms with Crippen molar-refractivity contribution in [2.45, 2.75) is 38.5 Å². The lowest BCUT2D eigenvalue weighted by atomic mass is 9.89. The summed E-state index contributed by atoms with van der Waals surface area (Å²) in [6, 6.07) is 11.7. The van der Waals surface area contributed by atoms with Crippen LogP contribution in [0.4, 0.5) is 22.7 Å². The van der Waals surface area contributed by atoms with Gasteiger partial charge in [0.1, 0.15) is 24.0 Å². The van der Waals surface area contributed by atoms with Crippen molar-refractivity contribution in [2.75, 3.05) is 10.6 Å². The molecule has 18 heteroatoms. The molecule has 2 aromatic heterocycles. The molecular formula is C32H28N8O10. The van der Waals surface area contributed by atoms with Gasteiger partial charge in [-0.05, 0) is 37.8 Å². The zero-order valence-corrected chi connectivity index (χ0v) is 26.1. The zero-order valence-electron chi connectivity index (χ0n) is 26.1. The zero-order chi connectivity index (χ0) is 35.4. The van der Waals surface area contributed by atoms with E-state index in [1.165, 1.54) is 49.1 Å². The maximum Gasteiger partial charge on any atom is 0.356 e. The molecule has 0 saturated carbocycles. The number of nitrogens with zero attached hydrogens (tertiary/aromatic N) is 6. The summed E-state index contributed by atoms with van der Waals surface area (Å²) in [5, 5.41) is 27.8. The van der Waals surface area contributed by atoms with Crippen LogP contribution in [-0.2, 0) is 44.9 Å². The van der Waals surface area contributed by atoms with Crippen LogP contribution in [0.1, 0.15) is 35.6 Å². The van der Waals surface area contributed by atoms with E-state index < -0.39 is 45.4 Å². The van der Waals surface area contributed by atoms with Gasteiger partial charge in [0, 0.05) is 49.0 Å². The van der Waals surface area contributed by atoms with Gasteiger partial charge in [-0.25, -0.2) is 19.6 Å². The van der Waals surface area contributed by atoms with Gasteiger partial charge < -0.3 is 20.3 Å². The number of hydrogen-bond acceptors (Lipinski definition) is 12. The Labute approximate surface area is 281 Å². The normalized spacial score (nSPS) is 16.5. The number of nitro groups is 2. The molecule has 2 atom stereocenters. The Bertz CT molecular complexity index is 1910. The van der Waals surface area contributed by atoms with Gasteiger partial charge in [0.15, 0.2) is 0 Å². The van der Waals surface area contributed by atoms with Crippen molar-refractivity contribution in [1.29, 1.82) is 0 Å². The second-order valence-corrected chi connectivity index (χ2v) is 11.5. The molecule has 2 aliphatic rings. The Balaban J connectivity index is 0.997. The van der Waals surface area contributed by atoms with Crippen molar-refractivity contribution in [3.05, 3.63) is 116 Å². The minimum absolute atomic E-state index is 0.0971. The number of hydrogen-bond donors (Lipinski definition) is 2. The summed E-state index contributed by atoms with van der Waals surface area (Å²) >= 11 is 0. The molecule has 4 aromatic rings. The molecule has 2 unspecified atom stereocenters. The number of imidazole rings is 2. The molecule has 18 nitrogen and oxygen atoms in total. The number of benzene rings is 2. The van der Waals surface area contributed by atoms with Gasteiger partial charge in [-0.15, -0.1) is 0 Å². The Hall–Kier alpha value is -6.72. The lowest BCUT2D eigenvalue weighted by molar-refractivity contribution is -0.384. The first-order valence-corrected chi connectivity index (χ1v) is 15.4. The third-order valence-electron chi connectivity index (χ3n) is 8.36. The van der Waals surface area contributed by atoms with Gasteiger partial charge >= 0.3 is 11.9 Å². The standard InChI is InChI=1S/C32H28N8O10/c41-29(49-37-17-33-23-15-19(9-11-25(23)37)31(43)35-21-5-1-3-7-27(21)39(45)46)13-14-30(42)50-38-18-34-24-16-20(10-12-26(24)38)32(44)36-22-6-2-4-8-28(22)40(47)48/h1-8,13-14,17-20H,9-12,15-16H2,(H,35,43)(H,36,44)/b14-13+. The topological polar surface area (TPSA) is 233 Å². The molecule has 2 N–H and O–H groups in total. The van der Waals surface area contributed by atoms with Crippen LogP contribution in [0.3, 0.4) is 0 Å². The molecular weight excluding hydrogens is 656 g/mol. The smallest absolute Gasteiger partial charge is 0.331 e. The molecule has 256 valence electrons. The summed E-state index contributed by atoms with van der Waals surface area (Å²) in [6.07, 6.45) is 6.21. The molecule has 2 aromatic carbocycles. The van der Waals surface area contributed by atoms with Gasteiger partial charge in [-0.3, -0.25) is 29.8 Å². The van der Waals surface area contributed by atoms with Crippen molar-refractivity contribution in [3.8, 4) is 0 Å². The van der Waals surface area contributed by atoms with Crippen LogP contribution in [-0.4, -0.2) is 53.0 Å². The van der Waals surface area contributed by atoms with Crippen LogP contribution in [0.25, 0.3) is 0 Å². The highest BCUT2D eigenvalue weighted by Gasteiger charge is 2.31. The number of anilines is 2. The van der Waals surface area contributed by atoms with E-state index in [4.69, 9.17) is 9.68 Å². The fraction of sp³-hybridized carbons (Fsp3) is 0.250. The second-order valence-electron chi connectivity index (χ2n) is 11.5. The molecule has 0 fully saturated rings. The van der Waals surface area contributed by atoms with Crippen molar-refractivity contribution in [2.24, 2.45) is 11.8 Å². The third kappa shape index (κ3) is 7.23. The number of aromatic nitrogens is 4. The summed E-state index contributed by atoms with van der Waals surface area (Å²) in [5.41, 5.74) is 1.96. The van der Waals surface area contributed by atoms with Gasteiger partial charge in [-0.2, -0.15) is 9.46 Å². The summed E-state index contributed by atoms with van der Waals surface area (Å²) in [6.45, 7) is 0. The first-order valence-electron chi connectivity index (χ1n) is 15.4. The van der Waals surface area contributed by atoms with E-state index in [1.807, 2.05) is 0 Å². The maximum atomic E-state index is 12.9. The fourth-order valence-electron chi connectivity index (χ4n) is 5.87. The highest BCUT2D eigenvalue weighted by molar-refractivity contribution is 5.96. The van der Waals surface area contributed by atoms with E-state index in [2.05, 4.69) is 20.6 Å². The molecule has 0 bridgehead atoms. The minimum Gasteiger partial charge on any atom is -0.331 e. The van der Waals surface area contributed by atoms with Crippen molar-refractivity contribution >= 4 is 46.5 Å². The maximum absolute atomic E-state index is 12.9.